The van der Waals surface area contributed by atoms with Gasteiger partial charge >= 0.3 is 18.0 Å². The number of anilines is 2. The van der Waals surface area contributed by atoms with Crippen LogP contribution in [0.25, 0.3) is 21.3 Å². The van der Waals surface area contributed by atoms with Crippen LogP contribution in [0.15, 0.2) is 91.1 Å². The van der Waals surface area contributed by atoms with Crippen LogP contribution in [0.2, 0.25) is 0 Å². The number of thiazole rings is 1. The second-order valence-electron chi connectivity index (χ2n) is 27.5. The first-order valence-electron chi connectivity index (χ1n) is 33.1. The van der Waals surface area contributed by atoms with Gasteiger partial charge in [-0.1, -0.05) is 49.4 Å². The second kappa shape index (κ2) is 29.1. The number of aromatic nitrogens is 4. The lowest BCUT2D eigenvalue weighted by molar-refractivity contribution is -0.248. The topological polar surface area (TPSA) is 374 Å². The number of aliphatic carboxylic acids is 1. The summed E-state index contributed by atoms with van der Waals surface area (Å²) in [6, 6.07) is 21.3. The number of fused-ring (bicyclic) bond motifs is 2. The number of nitrogens with one attached hydrogen (secondary N) is 2. The smallest absolute Gasteiger partial charge is 0.410 e. The Bertz CT molecular complexity index is 4030. The number of hydrogen-bond donors (Lipinski definition) is 8. The number of carbonyl (C=O) groups is 7. The Hall–Kier alpha value is -8.94. The minimum Gasteiger partial charge on any atom is -0.491 e. The lowest BCUT2D eigenvalue weighted by Crippen LogP contribution is -2.64. The van der Waals surface area contributed by atoms with Crippen molar-refractivity contribution >= 4 is 74.2 Å². The Balaban J connectivity index is 0.698. The van der Waals surface area contributed by atoms with Crippen molar-refractivity contribution in [1.29, 1.82) is 0 Å². The van der Waals surface area contributed by atoms with E-state index in [-0.39, 0.29) is 105 Å². The number of benzene rings is 3. The number of imide groups is 1. The molecule has 29 heteroatoms. The van der Waals surface area contributed by atoms with Gasteiger partial charge in [0.25, 0.3) is 17.7 Å². The molecule has 2 unspecified atom stereocenters. The molecule has 3 aromatic heterocycles. The Morgan fingerprint density at radius 3 is 2.39 bits per heavy atom. The van der Waals surface area contributed by atoms with Crippen molar-refractivity contribution in [2.45, 2.75) is 135 Å². The van der Waals surface area contributed by atoms with Crippen molar-refractivity contribution < 1.29 is 92.6 Å². The molecule has 28 nitrogen and oxygen atoms in total. The van der Waals surface area contributed by atoms with Crippen molar-refractivity contribution in [2.75, 3.05) is 76.0 Å². The van der Waals surface area contributed by atoms with Crippen molar-refractivity contribution in [2.24, 2.45) is 16.2 Å². The molecule has 3 aliphatic heterocycles. The van der Waals surface area contributed by atoms with Gasteiger partial charge in [-0.05, 0) is 128 Å². The highest BCUT2D eigenvalue weighted by atomic mass is 32.1. The van der Waals surface area contributed by atoms with Crippen LogP contribution in [0.3, 0.4) is 0 Å². The number of aliphatic hydroxyl groups excluding tert-OH is 4. The first-order chi connectivity index (χ1) is 47.4. The van der Waals surface area contributed by atoms with E-state index in [2.05, 4.69) is 29.5 Å². The molecule has 4 bridgehead atoms. The number of aliphatic hydroxyl groups is 4. The summed E-state index contributed by atoms with van der Waals surface area (Å²) in [5.74, 6) is -3.97. The summed E-state index contributed by atoms with van der Waals surface area (Å²) >= 11 is 1.40. The van der Waals surface area contributed by atoms with Crippen molar-refractivity contribution in [3.8, 4) is 22.6 Å². The van der Waals surface area contributed by atoms with E-state index in [0.29, 0.717) is 65.7 Å². The summed E-state index contributed by atoms with van der Waals surface area (Å²) in [5.41, 5.74) is 4.20. The van der Waals surface area contributed by atoms with Gasteiger partial charge in [0, 0.05) is 91.9 Å². The molecule has 5 fully saturated rings. The van der Waals surface area contributed by atoms with Crippen LogP contribution >= 0.6 is 11.3 Å². The van der Waals surface area contributed by atoms with E-state index >= 15 is 0 Å². The quantitative estimate of drug-likeness (QED) is 0.0208. The second-order valence-corrected chi connectivity index (χ2v) is 28.6. The zero-order valence-corrected chi connectivity index (χ0v) is 55.9. The predicted molar refractivity (Wildman–Crippen MR) is 356 cm³/mol. The molecule has 5 amide bonds. The number of carbonyl (C=O) groups excluding carboxylic acids is 5. The lowest BCUT2D eigenvalue weighted by Gasteiger charge is -2.69. The average molecular weight is 1380 g/mol. The highest BCUT2D eigenvalue weighted by Crippen LogP contribution is 2.72. The van der Waals surface area contributed by atoms with Crippen LogP contribution in [-0.2, 0) is 64.2 Å². The van der Waals surface area contributed by atoms with Gasteiger partial charge in [0.05, 0.1) is 60.6 Å². The monoisotopic (exact) mass is 1380 g/mol. The molecule has 1 saturated heterocycles. The number of pyridine rings is 1. The third-order valence-corrected chi connectivity index (χ3v) is 20.5. The van der Waals surface area contributed by atoms with Crippen LogP contribution in [0, 0.1) is 23.2 Å². The summed E-state index contributed by atoms with van der Waals surface area (Å²) in [7, 11) is 0. The Kier molecular flexibility index (Phi) is 20.6. The van der Waals surface area contributed by atoms with Crippen LogP contribution < -0.4 is 25.0 Å². The maximum atomic E-state index is 14.3. The predicted octanol–water partition coefficient (Wildman–Crippen LogP) is 5.63. The number of carboxylic acid groups (broad SMARTS) is 2. The van der Waals surface area contributed by atoms with E-state index in [9.17, 15) is 64.2 Å². The normalized spacial score (nSPS) is 24.8. The molecule has 6 aromatic rings. The largest absolute Gasteiger partial charge is 0.491 e. The summed E-state index contributed by atoms with van der Waals surface area (Å²) < 4.78 is 39.0. The standard InChI is InChI=1S/C70H81N9O19S/c1-41-48(46-13-14-55(74-59(46)63(90)91)77-20-17-42-7-6-8-47(49(42)30-77)61(87)75-65-73-50-9-4-5-10-54(50)99-65)29-72-79(41)40-69-35-67(2)34-68(3,36-69)38-70(37-67,39-69)96-24-22-76(21-18-44(81)32-80)66(92)95-33-43-11-12-45(97-64-60(86)51(82)28-53(98-64)62(88)89)27-52(43)94-26-25-93-23-19-71-56(83)31-78-57(84)15-16-58(78)85/h4-16,27,29,44,51,53,60,64,80-82,86H,17-26,28,30-40H2,1-3H3,(H,71,83)(H,88,89)(H,90,91)(H,73,75,87)/t44-,51-,53-,60+,64+,67?,68?,69?,70?/m0/s1. The molecule has 99 heavy (non-hydrogen) atoms. The zero-order valence-electron chi connectivity index (χ0n) is 55.1. The molecule has 0 radical (unpaired) electrons. The maximum absolute atomic E-state index is 14.3. The first-order valence-corrected chi connectivity index (χ1v) is 33.9. The lowest BCUT2D eigenvalue weighted by atomic mass is 9.39. The van der Waals surface area contributed by atoms with Gasteiger partial charge in [-0.25, -0.2) is 24.4 Å². The molecule has 4 aliphatic carbocycles. The van der Waals surface area contributed by atoms with Gasteiger partial charge in [0.1, 0.15) is 43.2 Å². The third-order valence-electron chi connectivity index (χ3n) is 19.5. The third kappa shape index (κ3) is 15.7. The minimum absolute atomic E-state index is 0.00759. The number of amides is 5. The van der Waals surface area contributed by atoms with Crippen LogP contribution in [-0.4, -0.2) is 204 Å². The fourth-order valence-corrected chi connectivity index (χ4v) is 17.0. The molecule has 7 atom stereocenters. The molecule has 0 spiro atoms. The number of ether oxygens (including phenoxy) is 6. The fourth-order valence-electron chi connectivity index (χ4n) is 16.2. The van der Waals surface area contributed by atoms with Crippen LogP contribution in [0.5, 0.6) is 11.5 Å². The molecule has 4 saturated carbocycles. The number of rotatable bonds is 29. The number of nitrogens with zero attached hydrogens (tertiary/aromatic N) is 7. The summed E-state index contributed by atoms with van der Waals surface area (Å²) in [5, 5.41) is 72.8. The van der Waals surface area contributed by atoms with Crippen LogP contribution in [0.1, 0.15) is 108 Å². The van der Waals surface area contributed by atoms with E-state index < -0.39 is 85.2 Å². The first kappa shape index (κ1) is 69.9. The van der Waals surface area contributed by atoms with Gasteiger partial charge in [-0.3, -0.25) is 34.1 Å². The Morgan fingerprint density at radius 1 is 0.869 bits per heavy atom. The van der Waals surface area contributed by atoms with E-state index in [4.69, 9.17) is 38.5 Å². The maximum Gasteiger partial charge on any atom is 0.410 e. The highest BCUT2D eigenvalue weighted by Gasteiger charge is 2.66. The number of para-hydroxylation sites is 1. The minimum atomic E-state index is -1.61. The molecular weight excluding hydrogens is 1300 g/mol. The van der Waals surface area contributed by atoms with Gasteiger partial charge < -0.3 is 74.2 Å². The zero-order chi connectivity index (χ0) is 70.0. The highest BCUT2D eigenvalue weighted by molar-refractivity contribution is 7.22. The Labute approximate surface area is 573 Å². The van der Waals surface area contributed by atoms with Gasteiger partial charge in [-0.2, -0.15) is 5.10 Å². The molecule has 3 aromatic carbocycles. The molecule has 6 heterocycles. The SMILES string of the molecule is Cc1c(-c2ccc(N3CCc4cccc(C(=O)Nc5nc6ccccc6s5)c4C3)nc2C(=O)O)cnn1CC12CC3(C)CC(C)(C1)CC(OCCN(CC[C@H](O)CO)C(=O)OCc1ccc(O[C@@H]4O[C@H](C(=O)O)C[C@H](O)[C@H]4O)cc1OCCOCCNC(=O)CN1C(=O)C=CC1=O)(C3)C2. The van der Waals surface area contributed by atoms with Crippen molar-refractivity contribution in [3.05, 3.63) is 125 Å². The summed E-state index contributed by atoms with van der Waals surface area (Å²) in [6.07, 6.45) is 1.18. The summed E-state index contributed by atoms with van der Waals surface area (Å²) in [6.45, 7) is 6.78. The number of hydrogen-bond acceptors (Lipinski definition) is 22. The van der Waals surface area contributed by atoms with E-state index in [0.717, 1.165) is 76.2 Å². The average Bonchev–Trinajstić information content (AvgIpc) is 1.21. The fraction of sp³-hybridized carbons (Fsp3) is 0.486. The number of aromatic carboxylic acids is 1. The van der Waals surface area contributed by atoms with E-state index in [1.54, 1.807) is 18.3 Å². The van der Waals surface area contributed by atoms with Gasteiger partial charge in [-0.15, -0.1) is 0 Å². The molecule has 7 aliphatic rings. The Morgan fingerprint density at radius 2 is 1.65 bits per heavy atom. The van der Waals surface area contributed by atoms with E-state index in [1.807, 2.05) is 59.0 Å². The molecule has 526 valence electrons. The molecular formula is C70H81N9O19S. The van der Waals surface area contributed by atoms with Gasteiger partial charge in [0.15, 0.2) is 16.9 Å². The molecule has 13 rings (SSSR count). The summed E-state index contributed by atoms with van der Waals surface area (Å²) in [4.78, 5) is 103. The molecule has 8 N–H and O–H groups in total. The van der Waals surface area contributed by atoms with Crippen LogP contribution in [0.4, 0.5) is 15.7 Å². The van der Waals surface area contributed by atoms with Crippen molar-refractivity contribution in [1.82, 2.24) is 34.9 Å². The van der Waals surface area contributed by atoms with Crippen molar-refractivity contribution in [3.63, 3.8) is 0 Å². The number of carboxylic acids is 2. The van der Waals surface area contributed by atoms with Gasteiger partial charge in [0.2, 0.25) is 12.2 Å². The van der Waals surface area contributed by atoms with E-state index in [1.165, 1.54) is 34.4 Å².